The summed E-state index contributed by atoms with van der Waals surface area (Å²) in [5.74, 6) is -9.47. The van der Waals surface area contributed by atoms with Gasteiger partial charge in [-0.15, -0.1) is 0 Å². The number of urea groups is 1. The molecule has 2 aromatic heterocycles. The number of carboxylic acids is 1. The fraction of sp³-hybridized carbons (Fsp3) is 0.534. The maximum Gasteiger partial charge on any atom is 0.343 e. The molecule has 9 atom stereocenters. The molecule has 1 fully saturated rings. The number of aliphatic hydroxyl groups excluding tert-OH is 2. The number of nitrogens with zero attached hydrogens (tertiary/aromatic N) is 3. The van der Waals surface area contributed by atoms with Crippen LogP contribution in [0.1, 0.15) is 124 Å². The molecule has 6 heterocycles. The minimum absolute atomic E-state index is 0.00725. The number of fused-ring (bicyclic) bond motifs is 5. The SMILES string of the molecule is CC[C@@]1(O)C(=O)OCc2c1cc1n(c2=O)Cc2c-1nc1cc(F)c(C)c3c1c2[C@@H](NC(=O)COCNC(=O)[C@H](CCCNC(N)=O)NC(=O)[C@@H](NC(=O)[C@H](CCC(=O)N[C@@H]1OC(C(=O)O)[C@@H](O)[C@H]1O)NC(=O)CCCCCN1C(=O)C=CC1=O)C(C)C)CC3. The van der Waals surface area contributed by atoms with Crippen LogP contribution in [-0.2, 0) is 87.3 Å². The number of ether oxygens (including phenoxy) is 3. The zero-order valence-electron chi connectivity index (χ0n) is 49.2. The van der Waals surface area contributed by atoms with Gasteiger partial charge in [-0.1, -0.05) is 27.2 Å². The van der Waals surface area contributed by atoms with Crippen molar-refractivity contribution < 1.29 is 91.8 Å². The van der Waals surface area contributed by atoms with Gasteiger partial charge in [0.15, 0.2) is 17.9 Å². The summed E-state index contributed by atoms with van der Waals surface area (Å²) >= 11 is 0. The van der Waals surface area contributed by atoms with Crippen molar-refractivity contribution in [1.29, 1.82) is 0 Å². The van der Waals surface area contributed by atoms with E-state index in [1.165, 1.54) is 16.7 Å². The zero-order chi connectivity index (χ0) is 64.8. The highest BCUT2D eigenvalue weighted by Gasteiger charge is 2.48. The predicted molar refractivity (Wildman–Crippen MR) is 305 cm³/mol. The fourth-order valence-electron chi connectivity index (χ4n) is 11.6. The molecule has 1 unspecified atom stereocenters. The number of amides is 10. The van der Waals surface area contributed by atoms with Crippen molar-refractivity contribution in [3.63, 3.8) is 0 Å². The Hall–Kier alpha value is -8.78. The van der Waals surface area contributed by atoms with Gasteiger partial charge < -0.3 is 82.2 Å². The highest BCUT2D eigenvalue weighted by Crippen LogP contribution is 2.46. The van der Waals surface area contributed by atoms with Crippen LogP contribution < -0.4 is 48.5 Å². The molecule has 0 spiro atoms. The van der Waals surface area contributed by atoms with E-state index in [1.54, 1.807) is 27.7 Å². The number of pyridine rings is 2. The molecule has 480 valence electrons. The third kappa shape index (κ3) is 14.5. The van der Waals surface area contributed by atoms with Gasteiger partial charge in [0.2, 0.25) is 35.4 Å². The number of benzene rings is 1. The zero-order valence-corrected chi connectivity index (χ0v) is 49.2. The van der Waals surface area contributed by atoms with E-state index in [1.807, 2.05) is 0 Å². The number of imide groups is 1. The Morgan fingerprint density at radius 2 is 1.56 bits per heavy atom. The van der Waals surface area contributed by atoms with Crippen LogP contribution in [0.4, 0.5) is 9.18 Å². The van der Waals surface area contributed by atoms with Crippen molar-refractivity contribution >= 4 is 76.1 Å². The molecule has 31 heteroatoms. The number of aliphatic hydroxyl groups is 3. The Morgan fingerprint density at radius 1 is 0.843 bits per heavy atom. The number of aryl methyl sites for hydroxylation is 1. The Balaban J connectivity index is 0.910. The molecular formula is C58H72FN11O19. The van der Waals surface area contributed by atoms with Crippen LogP contribution in [-0.4, -0.2) is 169 Å². The molecule has 5 aliphatic rings. The van der Waals surface area contributed by atoms with E-state index in [0.717, 1.165) is 17.1 Å². The van der Waals surface area contributed by atoms with Gasteiger partial charge in [0, 0.05) is 60.7 Å². The molecule has 4 aliphatic heterocycles. The van der Waals surface area contributed by atoms with E-state index >= 15 is 4.39 Å². The number of rotatable bonds is 28. The van der Waals surface area contributed by atoms with Crippen LogP contribution in [0.15, 0.2) is 29.1 Å². The number of primary amides is 1. The van der Waals surface area contributed by atoms with Crippen molar-refractivity contribution in [3.05, 3.63) is 73.8 Å². The van der Waals surface area contributed by atoms with Crippen molar-refractivity contribution in [1.82, 2.24) is 51.7 Å². The number of hydrogen-bond donors (Lipinski definition) is 12. The van der Waals surface area contributed by atoms with Gasteiger partial charge in [0.1, 0.15) is 56.1 Å². The van der Waals surface area contributed by atoms with Gasteiger partial charge >= 0.3 is 18.0 Å². The van der Waals surface area contributed by atoms with Gasteiger partial charge in [-0.25, -0.2) is 23.8 Å². The number of halogens is 1. The first-order valence-corrected chi connectivity index (χ1v) is 29.2. The lowest BCUT2D eigenvalue weighted by atomic mass is 9.81. The molecule has 1 aromatic carbocycles. The topological polar surface area (TPSA) is 445 Å². The van der Waals surface area contributed by atoms with Gasteiger partial charge in [-0.05, 0) is 87.0 Å². The molecule has 0 bridgehead atoms. The second-order valence-corrected chi connectivity index (χ2v) is 22.7. The summed E-state index contributed by atoms with van der Waals surface area (Å²) in [7, 11) is 0. The fourth-order valence-corrected chi connectivity index (χ4v) is 11.6. The van der Waals surface area contributed by atoms with Crippen LogP contribution in [0.3, 0.4) is 0 Å². The summed E-state index contributed by atoms with van der Waals surface area (Å²) in [6.45, 7) is 4.89. The third-order valence-electron chi connectivity index (χ3n) is 16.5. The van der Waals surface area contributed by atoms with Crippen LogP contribution in [0, 0.1) is 18.7 Å². The van der Waals surface area contributed by atoms with E-state index in [0.29, 0.717) is 59.0 Å². The Labute approximate surface area is 507 Å². The lowest BCUT2D eigenvalue weighted by molar-refractivity contribution is -0.172. The number of nitrogens with one attached hydrogen (secondary N) is 7. The van der Waals surface area contributed by atoms with Gasteiger partial charge in [0.25, 0.3) is 17.4 Å². The molecule has 3 aromatic rings. The second-order valence-electron chi connectivity index (χ2n) is 22.7. The number of aliphatic carboxylic acids is 1. The number of nitrogens with two attached hydrogens (primary N) is 1. The van der Waals surface area contributed by atoms with Gasteiger partial charge in [0.05, 0.1) is 35.1 Å². The highest BCUT2D eigenvalue weighted by molar-refractivity contribution is 6.12. The predicted octanol–water partition coefficient (Wildman–Crippen LogP) is -1.81. The maximum absolute atomic E-state index is 15.5. The molecule has 1 aliphatic carbocycles. The maximum atomic E-state index is 15.5. The first kappa shape index (κ1) is 66.2. The van der Waals surface area contributed by atoms with Crippen molar-refractivity contribution in [2.75, 3.05) is 26.4 Å². The van der Waals surface area contributed by atoms with Gasteiger partial charge in [-0.2, -0.15) is 0 Å². The van der Waals surface area contributed by atoms with Crippen molar-refractivity contribution in [3.8, 4) is 11.4 Å². The van der Waals surface area contributed by atoms with E-state index in [2.05, 4.69) is 37.2 Å². The average Bonchev–Trinajstić information content (AvgIpc) is 1.67. The van der Waals surface area contributed by atoms with Gasteiger partial charge in [-0.3, -0.25) is 48.1 Å². The quantitative estimate of drug-likeness (QED) is 0.0129. The first-order chi connectivity index (χ1) is 42.2. The van der Waals surface area contributed by atoms with Crippen molar-refractivity contribution in [2.24, 2.45) is 11.7 Å². The molecule has 8 rings (SSSR count). The first-order valence-electron chi connectivity index (χ1n) is 29.2. The summed E-state index contributed by atoms with van der Waals surface area (Å²) in [5.41, 5.74) is 5.85. The number of aromatic nitrogens is 2. The Bertz CT molecular complexity index is 3450. The monoisotopic (exact) mass is 1250 g/mol. The lowest BCUT2D eigenvalue weighted by Gasteiger charge is -2.31. The molecule has 0 radical (unpaired) electrons. The van der Waals surface area contributed by atoms with Crippen LogP contribution in [0.5, 0.6) is 0 Å². The summed E-state index contributed by atoms with van der Waals surface area (Å²) < 4.78 is 32.9. The smallest absolute Gasteiger partial charge is 0.343 e. The summed E-state index contributed by atoms with van der Waals surface area (Å²) in [6.07, 6.45) is -4.55. The number of cyclic esters (lactones) is 1. The van der Waals surface area contributed by atoms with E-state index in [4.69, 9.17) is 24.9 Å². The van der Waals surface area contributed by atoms with E-state index in [9.17, 15) is 78.0 Å². The summed E-state index contributed by atoms with van der Waals surface area (Å²) in [6, 6.07) is -3.05. The molecule has 30 nitrogen and oxygen atoms in total. The average molecular weight is 1250 g/mol. The van der Waals surface area contributed by atoms with Crippen molar-refractivity contribution in [2.45, 2.75) is 166 Å². The molecule has 13 N–H and O–H groups in total. The van der Waals surface area contributed by atoms with Crippen LogP contribution in [0.25, 0.3) is 22.3 Å². The van der Waals surface area contributed by atoms with Crippen LogP contribution >= 0.6 is 0 Å². The number of unbranched alkanes of at least 4 members (excludes halogenated alkanes) is 2. The molecule has 10 amide bonds. The number of carboxylic acid groups (broad SMARTS) is 1. The number of esters is 1. The normalized spacial score (nSPS) is 21.5. The standard InChI is InChI=1S/C58H72FN11O19/c1-5-58(86)31-20-37-46-29(22-70(37)54(81)30(31)23-88-56(58)84)44-33(13-12-28-27(4)32(59)21-36(65-46)43(28)44)63-40(73)24-87-25-62-50(78)34(10-9-18-61-57(60)85)66-52(80)45(26(2)3)68-51(79)35(14-15-39(72)67-53-48(77)47(76)49(89-53)55(82)83)64-38(71)11-7-6-8-19-69-41(74)16-17-42(69)75/h16-17,20-21,26,33-35,45,47-49,53,76-77,86H,5-15,18-19,22-25H2,1-4H3,(H,62,78)(H,63,73)(H,64,71)(H,66,80)(H,67,72)(H,68,79)(H,82,83)(H3,60,61,85)/t33-,34-,35-,45-,47-,48+,49?,53+,58-/m0/s1. The largest absolute Gasteiger partial charge is 0.479 e. The molecular weight excluding hydrogens is 1170 g/mol. The Morgan fingerprint density at radius 3 is 2.24 bits per heavy atom. The molecule has 0 saturated carbocycles. The minimum atomic E-state index is -2.10. The van der Waals surface area contributed by atoms with E-state index < -0.39 is 163 Å². The molecule has 89 heavy (non-hydrogen) atoms. The lowest BCUT2D eigenvalue weighted by Crippen LogP contribution is -2.58. The summed E-state index contributed by atoms with van der Waals surface area (Å²) in [5, 5.41) is 59.6. The molecule has 1 saturated heterocycles. The highest BCUT2D eigenvalue weighted by atomic mass is 19.1. The third-order valence-corrected chi connectivity index (χ3v) is 16.5. The minimum Gasteiger partial charge on any atom is -0.479 e. The Kier molecular flexibility index (Phi) is 20.9. The number of carbonyl (C=O) groups excluding carboxylic acids is 10. The van der Waals surface area contributed by atoms with Crippen LogP contribution in [0.2, 0.25) is 0 Å². The second kappa shape index (κ2) is 28.1. The number of hydrogen-bond acceptors (Lipinski definition) is 19. The number of carbonyl (C=O) groups is 11. The summed E-state index contributed by atoms with van der Waals surface area (Å²) in [4.78, 5) is 162. The van der Waals surface area contributed by atoms with E-state index in [-0.39, 0.29) is 80.7 Å².